The predicted octanol–water partition coefficient (Wildman–Crippen LogP) is 0.429. The highest BCUT2D eigenvalue weighted by molar-refractivity contribution is 5.75. The van der Waals surface area contributed by atoms with E-state index in [-0.39, 0.29) is 19.1 Å². The molecule has 1 N–H and O–H groups in total. The van der Waals surface area contributed by atoms with Gasteiger partial charge in [-0.1, -0.05) is 35.5 Å². The van der Waals surface area contributed by atoms with Crippen molar-refractivity contribution in [2.75, 3.05) is 7.05 Å². The summed E-state index contributed by atoms with van der Waals surface area (Å²) in [6, 6.07) is 9.78. The summed E-state index contributed by atoms with van der Waals surface area (Å²) < 4.78 is 1.43. The lowest BCUT2D eigenvalue weighted by Gasteiger charge is -2.16. The Kier molecular flexibility index (Phi) is 4.25. The van der Waals surface area contributed by atoms with Gasteiger partial charge in [0.05, 0.1) is 12.8 Å². The van der Waals surface area contributed by atoms with Crippen molar-refractivity contribution in [3.63, 3.8) is 0 Å². The van der Waals surface area contributed by atoms with Crippen LogP contribution in [0.4, 0.5) is 0 Å². The minimum absolute atomic E-state index is 0.0572. The molecule has 0 saturated heterocycles. The highest BCUT2D eigenvalue weighted by atomic mass is 16.3. The molecule has 6 heteroatoms. The first-order valence-corrected chi connectivity index (χ1v) is 5.97. The average Bonchev–Trinajstić information content (AvgIpc) is 2.87. The summed E-state index contributed by atoms with van der Waals surface area (Å²) in [5.74, 6) is -0.0572. The van der Waals surface area contributed by atoms with Crippen molar-refractivity contribution in [1.29, 1.82) is 0 Å². The normalized spacial score (nSPS) is 10.4. The number of hydrogen-bond acceptors (Lipinski definition) is 4. The molecule has 0 unspecified atom stereocenters. The van der Waals surface area contributed by atoms with E-state index in [4.69, 9.17) is 5.11 Å². The second kappa shape index (κ2) is 6.10. The molecule has 0 spiro atoms. The molecule has 0 radical (unpaired) electrons. The Morgan fingerprint density at radius 2 is 2.11 bits per heavy atom. The predicted molar refractivity (Wildman–Crippen MR) is 68.9 cm³/mol. The van der Waals surface area contributed by atoms with Crippen LogP contribution in [0.3, 0.4) is 0 Å². The highest BCUT2D eigenvalue weighted by Gasteiger charge is 2.11. The summed E-state index contributed by atoms with van der Waals surface area (Å²) in [7, 11) is 1.75. The van der Waals surface area contributed by atoms with Gasteiger partial charge in [-0.15, -0.1) is 5.10 Å². The summed E-state index contributed by atoms with van der Waals surface area (Å²) >= 11 is 0. The van der Waals surface area contributed by atoms with Crippen LogP contribution in [0.15, 0.2) is 36.5 Å². The van der Waals surface area contributed by atoms with Gasteiger partial charge in [0.1, 0.15) is 12.2 Å². The number of aliphatic hydroxyl groups excluding tert-OH is 1. The first kappa shape index (κ1) is 13.2. The zero-order valence-electron chi connectivity index (χ0n) is 10.7. The van der Waals surface area contributed by atoms with Crippen LogP contribution < -0.4 is 0 Å². The fraction of sp³-hybridized carbons (Fsp3) is 0.308. The van der Waals surface area contributed by atoms with Crippen LogP contribution in [0.5, 0.6) is 0 Å². The average molecular weight is 260 g/mol. The van der Waals surface area contributed by atoms with Gasteiger partial charge in [-0.3, -0.25) is 4.79 Å². The summed E-state index contributed by atoms with van der Waals surface area (Å²) in [5.41, 5.74) is 1.53. The van der Waals surface area contributed by atoms with E-state index in [0.29, 0.717) is 12.2 Å². The summed E-state index contributed by atoms with van der Waals surface area (Å²) in [5, 5.41) is 16.4. The molecule has 1 aromatic heterocycles. The van der Waals surface area contributed by atoms with E-state index >= 15 is 0 Å². The van der Waals surface area contributed by atoms with Gasteiger partial charge >= 0.3 is 0 Å². The topological polar surface area (TPSA) is 71.2 Å². The van der Waals surface area contributed by atoms with Gasteiger partial charge in [0, 0.05) is 13.6 Å². The molecule has 2 rings (SSSR count). The van der Waals surface area contributed by atoms with Crippen molar-refractivity contribution in [2.24, 2.45) is 0 Å². The van der Waals surface area contributed by atoms with Gasteiger partial charge in [0.2, 0.25) is 5.91 Å². The fourth-order valence-corrected chi connectivity index (χ4v) is 1.69. The van der Waals surface area contributed by atoms with Gasteiger partial charge < -0.3 is 10.0 Å². The Balaban J connectivity index is 1.92. The number of benzene rings is 1. The summed E-state index contributed by atoms with van der Waals surface area (Å²) in [6.07, 6.45) is 1.56. The van der Waals surface area contributed by atoms with Crippen molar-refractivity contribution in [3.8, 4) is 0 Å². The molecule has 0 aliphatic carbocycles. The van der Waals surface area contributed by atoms with Gasteiger partial charge in [-0.2, -0.15) is 0 Å². The third-order valence-electron chi connectivity index (χ3n) is 2.73. The molecule has 0 aliphatic heterocycles. The lowest BCUT2D eigenvalue weighted by atomic mass is 10.2. The first-order valence-electron chi connectivity index (χ1n) is 5.97. The molecular formula is C13H16N4O2. The molecule has 1 amide bonds. The number of carbonyl (C=O) groups is 1. The zero-order valence-corrected chi connectivity index (χ0v) is 10.7. The molecule has 1 heterocycles. The molecule has 19 heavy (non-hydrogen) atoms. The Hall–Kier alpha value is -2.21. The number of aromatic nitrogens is 3. The van der Waals surface area contributed by atoms with Gasteiger partial charge in [0.15, 0.2) is 0 Å². The number of hydrogen-bond donors (Lipinski definition) is 1. The fourth-order valence-electron chi connectivity index (χ4n) is 1.69. The minimum atomic E-state index is -0.173. The van der Waals surface area contributed by atoms with Crippen LogP contribution in [0.1, 0.15) is 11.3 Å². The van der Waals surface area contributed by atoms with Gasteiger partial charge in [0.25, 0.3) is 0 Å². The molecule has 0 aliphatic rings. The SMILES string of the molecule is CN(Cc1ccccc1)C(=O)Cn1cc(CO)nn1. The molecule has 100 valence electrons. The van der Waals surface area contributed by atoms with Gasteiger partial charge in [-0.05, 0) is 5.56 Å². The number of nitrogens with zero attached hydrogens (tertiary/aromatic N) is 4. The Morgan fingerprint density at radius 1 is 1.37 bits per heavy atom. The number of aliphatic hydroxyl groups is 1. The third kappa shape index (κ3) is 3.62. The van der Waals surface area contributed by atoms with Crippen LogP contribution in [-0.2, 0) is 24.5 Å². The molecule has 0 bridgehead atoms. The highest BCUT2D eigenvalue weighted by Crippen LogP contribution is 2.03. The van der Waals surface area contributed by atoms with Crippen LogP contribution in [0, 0.1) is 0 Å². The van der Waals surface area contributed by atoms with Crippen molar-refractivity contribution in [3.05, 3.63) is 47.8 Å². The number of rotatable bonds is 5. The Labute approximate surface area is 111 Å². The number of carbonyl (C=O) groups excluding carboxylic acids is 1. The lowest BCUT2D eigenvalue weighted by Crippen LogP contribution is -2.29. The standard InChI is InChI=1S/C13H16N4O2/c1-16(7-11-5-3-2-4-6-11)13(19)9-17-8-12(10-18)14-15-17/h2-6,8,18H,7,9-10H2,1H3. The Morgan fingerprint density at radius 3 is 2.74 bits per heavy atom. The van der Waals surface area contributed by atoms with Crippen LogP contribution in [0.25, 0.3) is 0 Å². The van der Waals surface area contributed by atoms with E-state index in [1.165, 1.54) is 4.68 Å². The van der Waals surface area contributed by atoms with Crippen LogP contribution >= 0.6 is 0 Å². The van der Waals surface area contributed by atoms with E-state index in [1.54, 1.807) is 18.1 Å². The second-order valence-corrected chi connectivity index (χ2v) is 4.30. The molecule has 1 aromatic carbocycles. The lowest BCUT2D eigenvalue weighted by molar-refractivity contribution is -0.131. The van der Waals surface area contributed by atoms with E-state index in [2.05, 4.69) is 10.3 Å². The summed E-state index contributed by atoms with van der Waals surface area (Å²) in [4.78, 5) is 13.6. The largest absolute Gasteiger partial charge is 0.390 e. The monoisotopic (exact) mass is 260 g/mol. The molecule has 0 saturated carbocycles. The second-order valence-electron chi connectivity index (χ2n) is 4.30. The van der Waals surface area contributed by atoms with Crippen molar-refractivity contribution >= 4 is 5.91 Å². The maximum atomic E-state index is 12.0. The molecule has 2 aromatic rings. The van der Waals surface area contributed by atoms with Gasteiger partial charge in [-0.25, -0.2) is 4.68 Å². The molecule has 0 atom stereocenters. The zero-order chi connectivity index (χ0) is 13.7. The van der Waals surface area contributed by atoms with E-state index in [1.807, 2.05) is 30.3 Å². The smallest absolute Gasteiger partial charge is 0.244 e. The van der Waals surface area contributed by atoms with E-state index < -0.39 is 0 Å². The van der Waals surface area contributed by atoms with Crippen molar-refractivity contribution < 1.29 is 9.90 Å². The minimum Gasteiger partial charge on any atom is -0.390 e. The van der Waals surface area contributed by atoms with E-state index in [0.717, 1.165) is 5.56 Å². The maximum absolute atomic E-state index is 12.0. The quantitative estimate of drug-likeness (QED) is 0.846. The molecule has 6 nitrogen and oxygen atoms in total. The van der Waals surface area contributed by atoms with Crippen molar-refractivity contribution in [1.82, 2.24) is 19.9 Å². The molecular weight excluding hydrogens is 244 g/mol. The Bertz CT molecular complexity index is 539. The maximum Gasteiger partial charge on any atom is 0.244 e. The number of likely N-dealkylation sites (N-methyl/N-ethyl adjacent to an activating group) is 1. The van der Waals surface area contributed by atoms with Crippen molar-refractivity contribution in [2.45, 2.75) is 19.7 Å². The third-order valence-corrected chi connectivity index (χ3v) is 2.73. The van der Waals surface area contributed by atoms with Crippen LogP contribution in [0.2, 0.25) is 0 Å². The number of amides is 1. The van der Waals surface area contributed by atoms with Crippen LogP contribution in [-0.4, -0.2) is 38.0 Å². The molecule has 0 fully saturated rings. The first-order chi connectivity index (χ1) is 9.19. The summed E-state index contributed by atoms with van der Waals surface area (Å²) in [6.45, 7) is 0.506. The van der Waals surface area contributed by atoms with E-state index in [9.17, 15) is 4.79 Å².